The molecule has 0 aromatic heterocycles. The zero-order valence-corrected chi connectivity index (χ0v) is 8.20. The van der Waals surface area contributed by atoms with Crippen molar-refractivity contribution in [1.29, 1.82) is 0 Å². The molecule has 0 aromatic rings. The summed E-state index contributed by atoms with van der Waals surface area (Å²) in [6, 6.07) is -6.03. The summed E-state index contributed by atoms with van der Waals surface area (Å²) < 4.78 is 103. The van der Waals surface area contributed by atoms with E-state index in [-0.39, 0.29) is 6.92 Å². The molecule has 0 saturated carbocycles. The van der Waals surface area contributed by atoms with Gasteiger partial charge in [0.2, 0.25) is 0 Å². The minimum Gasteiger partial charge on any atom is -0.402 e. The molecule has 0 spiro atoms. The maximum absolute atomic E-state index is 12.3. The van der Waals surface area contributed by atoms with Crippen molar-refractivity contribution in [2.24, 2.45) is 0 Å². The maximum Gasteiger partial charge on any atom is 0.543 e. The largest absolute Gasteiger partial charge is 0.543 e. The van der Waals surface area contributed by atoms with Gasteiger partial charge in [-0.15, -0.1) is 17.6 Å². The van der Waals surface area contributed by atoms with Crippen LogP contribution >= 0.6 is 0 Å². The van der Waals surface area contributed by atoms with Crippen LogP contribution in [0.1, 0.15) is 6.92 Å². The van der Waals surface area contributed by atoms with Crippen LogP contribution < -0.4 is 0 Å². The number of halogens is 8. The van der Waals surface area contributed by atoms with Crippen molar-refractivity contribution in [3.05, 3.63) is 12.0 Å². The summed E-state index contributed by atoms with van der Waals surface area (Å²) in [6.45, 7) is -0.0730. The highest BCUT2D eigenvalue weighted by Gasteiger charge is 2.47. The molecule has 0 radical (unpaired) electrons. The summed E-state index contributed by atoms with van der Waals surface area (Å²) in [5, 5.41) is 7.49. The minimum absolute atomic E-state index is 0.0730. The first-order valence-electron chi connectivity index (χ1n) is 3.71. The number of hydrogen-bond acceptors (Lipinski definition) is 4. The molecular formula is C6H4F8O4. The lowest BCUT2D eigenvalue weighted by atomic mass is 10.7. The zero-order valence-electron chi connectivity index (χ0n) is 8.20. The molecule has 0 aliphatic heterocycles. The summed E-state index contributed by atoms with van der Waals surface area (Å²) in [4.78, 5) is 0. The van der Waals surface area contributed by atoms with Crippen molar-refractivity contribution < 1.29 is 54.4 Å². The third-order valence-electron chi connectivity index (χ3n) is 0.873. The molecule has 12 heteroatoms. The van der Waals surface area contributed by atoms with Gasteiger partial charge in [-0.1, -0.05) is 0 Å². The van der Waals surface area contributed by atoms with Crippen molar-refractivity contribution in [3.8, 4) is 0 Å². The number of ether oxygens (including phenoxy) is 3. The first kappa shape index (κ1) is 16.7. The van der Waals surface area contributed by atoms with E-state index in [2.05, 4.69) is 14.2 Å². The van der Waals surface area contributed by atoms with Crippen molar-refractivity contribution >= 4 is 0 Å². The van der Waals surface area contributed by atoms with E-state index in [1.54, 1.807) is 0 Å². The highest BCUT2D eigenvalue weighted by Crippen LogP contribution is 2.31. The van der Waals surface area contributed by atoms with Gasteiger partial charge in [0.25, 0.3) is 0 Å². The molecule has 1 N–H and O–H groups in total. The molecule has 108 valence electrons. The Morgan fingerprint density at radius 1 is 0.889 bits per heavy atom. The molecule has 0 aliphatic rings. The van der Waals surface area contributed by atoms with E-state index in [1.807, 2.05) is 0 Å². The van der Waals surface area contributed by atoms with Crippen LogP contribution in [0, 0.1) is 0 Å². The van der Waals surface area contributed by atoms with Crippen LogP contribution in [0.3, 0.4) is 0 Å². The predicted octanol–water partition coefficient (Wildman–Crippen LogP) is 2.81. The Balaban J connectivity index is 4.72. The smallest absolute Gasteiger partial charge is 0.402 e. The van der Waals surface area contributed by atoms with Gasteiger partial charge in [0.1, 0.15) is 0 Å². The van der Waals surface area contributed by atoms with Crippen molar-refractivity contribution in [2.45, 2.75) is 25.6 Å². The summed E-state index contributed by atoms with van der Waals surface area (Å²) in [7, 11) is 0. The summed E-state index contributed by atoms with van der Waals surface area (Å²) in [6.07, 6.45) is -15.2. The van der Waals surface area contributed by atoms with Gasteiger partial charge in [0, 0.05) is 6.92 Å². The average Bonchev–Trinajstić information content (AvgIpc) is 1.93. The second-order valence-electron chi connectivity index (χ2n) is 2.61. The van der Waals surface area contributed by atoms with E-state index in [1.165, 1.54) is 0 Å². The van der Waals surface area contributed by atoms with Gasteiger partial charge in [-0.2, -0.15) is 22.3 Å². The first-order chi connectivity index (χ1) is 7.72. The second kappa shape index (κ2) is 5.14. The molecule has 0 unspecified atom stereocenters. The molecule has 0 atom stereocenters. The maximum atomic E-state index is 12.3. The van der Waals surface area contributed by atoms with E-state index < -0.39 is 30.7 Å². The highest BCUT2D eigenvalue weighted by atomic mass is 19.3. The first-order valence-corrected chi connectivity index (χ1v) is 3.71. The van der Waals surface area contributed by atoms with E-state index in [0.717, 1.165) is 0 Å². The van der Waals surface area contributed by atoms with E-state index in [0.29, 0.717) is 0 Å². The molecule has 0 saturated heterocycles. The number of aliphatic hydroxyl groups is 1. The van der Waals surface area contributed by atoms with Crippen LogP contribution in [-0.2, 0) is 14.2 Å². The fraction of sp³-hybridized carbons (Fsp3) is 0.667. The molecular weight excluding hydrogens is 288 g/mol. The van der Waals surface area contributed by atoms with E-state index >= 15 is 0 Å². The van der Waals surface area contributed by atoms with Crippen molar-refractivity contribution in [1.82, 2.24) is 0 Å². The molecule has 0 aliphatic carbocycles. The summed E-state index contributed by atoms with van der Waals surface area (Å²) >= 11 is 0. The van der Waals surface area contributed by atoms with Crippen molar-refractivity contribution in [3.63, 3.8) is 0 Å². The standard InChI is InChI=1S/C6H4F8O4/c1-4(9,10)16-2(7)3(8)17-6(13,14)18-5(11,12)15/h15H,1H3/b3-2-. The normalized spacial score (nSPS) is 15.2. The van der Waals surface area contributed by atoms with Crippen LogP contribution in [-0.4, -0.2) is 23.8 Å². The minimum atomic E-state index is -5.54. The quantitative estimate of drug-likeness (QED) is 0.464. The molecule has 0 aromatic carbocycles. The Hall–Kier alpha value is -1.30. The van der Waals surface area contributed by atoms with Gasteiger partial charge in [0.05, 0.1) is 0 Å². The van der Waals surface area contributed by atoms with Gasteiger partial charge in [-0.25, -0.2) is 0 Å². The van der Waals surface area contributed by atoms with Crippen molar-refractivity contribution in [2.75, 3.05) is 0 Å². The molecule has 0 rings (SSSR count). The Kier molecular flexibility index (Phi) is 4.77. The second-order valence-corrected chi connectivity index (χ2v) is 2.61. The fourth-order valence-electron chi connectivity index (χ4n) is 0.506. The van der Waals surface area contributed by atoms with Gasteiger partial charge in [-0.3, -0.25) is 0 Å². The third-order valence-corrected chi connectivity index (χ3v) is 0.873. The zero-order chi connectivity index (χ0) is 14.8. The number of hydrogen-bond donors (Lipinski definition) is 1. The lowest BCUT2D eigenvalue weighted by molar-refractivity contribution is -0.512. The van der Waals surface area contributed by atoms with Crippen LogP contribution in [0.5, 0.6) is 0 Å². The Morgan fingerprint density at radius 2 is 1.28 bits per heavy atom. The van der Waals surface area contributed by atoms with Gasteiger partial charge in [-0.05, 0) is 0 Å². The summed E-state index contributed by atoms with van der Waals surface area (Å²) in [5.41, 5.74) is 0. The number of alkyl halides is 6. The molecule has 18 heavy (non-hydrogen) atoms. The highest BCUT2D eigenvalue weighted by molar-refractivity contribution is 4.84. The molecule has 0 fully saturated rings. The Bertz CT molecular complexity index is 317. The predicted molar refractivity (Wildman–Crippen MR) is 35.2 cm³/mol. The fourth-order valence-corrected chi connectivity index (χ4v) is 0.506. The SMILES string of the molecule is CC(F)(F)O/C(F)=C(/F)OC(F)(F)OC(O)(F)F. The monoisotopic (exact) mass is 292 g/mol. The van der Waals surface area contributed by atoms with Gasteiger partial charge < -0.3 is 14.6 Å². The summed E-state index contributed by atoms with van der Waals surface area (Å²) in [5.74, 6) is 0. The van der Waals surface area contributed by atoms with Gasteiger partial charge in [0.15, 0.2) is 0 Å². The Morgan fingerprint density at radius 3 is 1.61 bits per heavy atom. The molecule has 0 amide bonds. The number of rotatable bonds is 6. The average molecular weight is 292 g/mol. The van der Waals surface area contributed by atoms with Gasteiger partial charge >= 0.3 is 30.7 Å². The topological polar surface area (TPSA) is 47.9 Å². The van der Waals surface area contributed by atoms with Crippen LogP contribution in [0.2, 0.25) is 0 Å². The van der Waals surface area contributed by atoms with Crippen LogP contribution in [0.25, 0.3) is 0 Å². The molecule has 4 nitrogen and oxygen atoms in total. The molecule has 0 heterocycles. The third kappa shape index (κ3) is 7.89. The van der Waals surface area contributed by atoms with Crippen LogP contribution in [0.4, 0.5) is 35.1 Å². The van der Waals surface area contributed by atoms with E-state index in [9.17, 15) is 35.1 Å². The lowest BCUT2D eigenvalue weighted by Crippen LogP contribution is -2.34. The molecule has 0 bridgehead atoms. The van der Waals surface area contributed by atoms with Crippen LogP contribution in [0.15, 0.2) is 12.0 Å². The Labute approximate surface area is 93.3 Å². The van der Waals surface area contributed by atoms with E-state index in [4.69, 9.17) is 5.11 Å². The lowest BCUT2D eigenvalue weighted by Gasteiger charge is -2.18.